The molecule has 0 spiro atoms. The van der Waals surface area contributed by atoms with Gasteiger partial charge in [-0.15, -0.1) is 10.2 Å². The van der Waals surface area contributed by atoms with Gasteiger partial charge in [0.25, 0.3) is 5.91 Å². The molecule has 4 fully saturated rings. The van der Waals surface area contributed by atoms with Crippen molar-refractivity contribution in [1.29, 1.82) is 0 Å². The van der Waals surface area contributed by atoms with Crippen LogP contribution in [0.4, 0.5) is 10.5 Å². The zero-order chi connectivity index (χ0) is 28.7. The number of methoxy groups -OCH3 is 1. The highest BCUT2D eigenvalue weighted by atomic mass is 16.6. The van der Waals surface area contributed by atoms with Crippen LogP contribution in [0.1, 0.15) is 99.5 Å². The molecule has 2 aromatic rings. The van der Waals surface area contributed by atoms with E-state index in [-0.39, 0.29) is 30.0 Å². The van der Waals surface area contributed by atoms with Gasteiger partial charge in [-0.1, -0.05) is 0 Å². The highest BCUT2D eigenvalue weighted by molar-refractivity contribution is 5.98. The molecule has 3 aliphatic carbocycles. The Bertz CT molecular complexity index is 1230. The van der Waals surface area contributed by atoms with Crippen molar-refractivity contribution in [2.45, 2.75) is 101 Å². The van der Waals surface area contributed by atoms with Crippen molar-refractivity contribution in [2.24, 2.45) is 5.92 Å². The van der Waals surface area contributed by atoms with Gasteiger partial charge in [0.1, 0.15) is 5.60 Å². The van der Waals surface area contributed by atoms with Crippen LogP contribution in [-0.2, 0) is 9.47 Å². The number of carbonyl (C=O) groups excluding carboxylic acids is 2. The predicted molar refractivity (Wildman–Crippen MR) is 151 cm³/mol. The van der Waals surface area contributed by atoms with Gasteiger partial charge in [0.15, 0.2) is 5.69 Å². The Labute approximate surface area is 241 Å². The van der Waals surface area contributed by atoms with Gasteiger partial charge < -0.3 is 29.0 Å². The maximum absolute atomic E-state index is 14.4. The largest absolute Gasteiger partial charge is 0.444 e. The van der Waals surface area contributed by atoms with E-state index >= 15 is 0 Å². The number of likely N-dealkylation sites (tertiary alicyclic amines) is 1. The predicted octanol–water partition coefficient (Wildman–Crippen LogP) is 4.58. The maximum atomic E-state index is 14.4. The molecule has 6 rings (SSSR count). The second-order valence-electron chi connectivity index (χ2n) is 13.3. The standard InChI is InChI=1S/C30H42N6O5/c1-30(2,3)41-29(38)35-15-21(27-34-32-17-40-27)9-23(16-35)36(14-18-5-6-18)28(37)26-25(33-22-11-24(12-22)39-4)10-20(13-31-26)19-7-8-19/h10,13,17-19,21-24,33H,5-9,11-12,14-16H2,1-4H3/t21-,22?,23+,24?/m1/s1. The Kier molecular flexibility index (Phi) is 7.65. The molecule has 3 saturated carbocycles. The number of carbonyl (C=O) groups is 2. The number of pyridine rings is 1. The van der Waals surface area contributed by atoms with Crippen LogP contribution >= 0.6 is 0 Å². The Balaban J connectivity index is 1.29. The van der Waals surface area contributed by atoms with Gasteiger partial charge in [-0.3, -0.25) is 4.79 Å². The molecule has 11 nitrogen and oxygen atoms in total. The number of hydrogen-bond donors (Lipinski definition) is 1. The quantitative estimate of drug-likeness (QED) is 0.465. The molecule has 0 bridgehead atoms. The van der Waals surface area contributed by atoms with Crippen molar-refractivity contribution < 1.29 is 23.5 Å². The van der Waals surface area contributed by atoms with E-state index in [4.69, 9.17) is 18.9 Å². The average molecular weight is 567 g/mol. The lowest BCUT2D eigenvalue weighted by Gasteiger charge is -2.42. The van der Waals surface area contributed by atoms with Gasteiger partial charge in [-0.25, -0.2) is 9.78 Å². The van der Waals surface area contributed by atoms with Crippen LogP contribution in [0.25, 0.3) is 0 Å². The van der Waals surface area contributed by atoms with Gasteiger partial charge in [0.2, 0.25) is 12.3 Å². The normalized spacial score (nSPS) is 26.3. The molecule has 1 N–H and O–H groups in total. The molecule has 1 saturated heterocycles. The summed E-state index contributed by atoms with van der Waals surface area (Å²) in [5.74, 6) is 1.13. The first kappa shape index (κ1) is 27.9. The number of amides is 2. The molecule has 3 heterocycles. The number of hydrogen-bond acceptors (Lipinski definition) is 9. The van der Waals surface area contributed by atoms with E-state index < -0.39 is 11.7 Å². The van der Waals surface area contributed by atoms with E-state index in [1.54, 1.807) is 12.0 Å². The van der Waals surface area contributed by atoms with E-state index in [0.717, 1.165) is 44.2 Å². The Morgan fingerprint density at radius 1 is 1.12 bits per heavy atom. The SMILES string of the molecule is COC1CC(Nc2cc(C3CC3)cnc2C(=O)N(CC2CC2)[C@H]2C[C@@H](c3nnco3)CN(C(=O)OC(C)(C)C)C2)C1. The van der Waals surface area contributed by atoms with Gasteiger partial charge in [-0.2, -0.15) is 0 Å². The van der Waals surface area contributed by atoms with Crippen LogP contribution < -0.4 is 5.32 Å². The summed E-state index contributed by atoms with van der Waals surface area (Å²) >= 11 is 0. The molecule has 4 aliphatic rings. The number of aromatic nitrogens is 3. The van der Waals surface area contributed by atoms with E-state index in [1.807, 2.05) is 31.9 Å². The number of nitrogens with one attached hydrogen (secondary N) is 1. The smallest absolute Gasteiger partial charge is 0.410 e. The molecule has 222 valence electrons. The van der Waals surface area contributed by atoms with Crippen molar-refractivity contribution in [3.8, 4) is 0 Å². The molecule has 0 aromatic carbocycles. The first-order valence-electron chi connectivity index (χ1n) is 15.0. The van der Waals surface area contributed by atoms with Gasteiger partial charge in [0.05, 0.1) is 23.8 Å². The third kappa shape index (κ3) is 6.66. The minimum atomic E-state index is -0.634. The zero-order valence-electron chi connectivity index (χ0n) is 24.5. The number of nitrogens with zero attached hydrogens (tertiary/aromatic N) is 5. The summed E-state index contributed by atoms with van der Waals surface area (Å²) in [4.78, 5) is 36.1. The molecular formula is C30H42N6O5. The fraction of sp³-hybridized carbons (Fsp3) is 0.700. The van der Waals surface area contributed by atoms with Crippen molar-refractivity contribution in [3.05, 3.63) is 35.8 Å². The van der Waals surface area contributed by atoms with Crippen molar-refractivity contribution in [1.82, 2.24) is 25.0 Å². The number of anilines is 1. The van der Waals surface area contributed by atoms with E-state index in [2.05, 4.69) is 21.6 Å². The van der Waals surface area contributed by atoms with Gasteiger partial charge in [0, 0.05) is 39.0 Å². The average Bonchev–Trinajstić information content (AvgIpc) is 3.86. The second kappa shape index (κ2) is 11.2. The van der Waals surface area contributed by atoms with Crippen LogP contribution in [0.5, 0.6) is 0 Å². The fourth-order valence-electron chi connectivity index (χ4n) is 5.92. The first-order chi connectivity index (χ1) is 19.7. The lowest BCUT2D eigenvalue weighted by Crippen LogP contribution is -2.55. The molecule has 1 aliphatic heterocycles. The minimum Gasteiger partial charge on any atom is -0.444 e. The van der Waals surface area contributed by atoms with Gasteiger partial charge in [-0.05, 0) is 89.2 Å². The van der Waals surface area contributed by atoms with E-state index in [1.165, 1.54) is 12.0 Å². The van der Waals surface area contributed by atoms with Crippen molar-refractivity contribution >= 4 is 17.7 Å². The molecule has 2 aromatic heterocycles. The Morgan fingerprint density at radius 2 is 1.90 bits per heavy atom. The summed E-state index contributed by atoms with van der Waals surface area (Å²) < 4.78 is 16.8. The third-order valence-electron chi connectivity index (χ3n) is 8.61. The highest BCUT2D eigenvalue weighted by Gasteiger charge is 2.42. The van der Waals surface area contributed by atoms with Crippen molar-refractivity contribution in [2.75, 3.05) is 32.1 Å². The summed E-state index contributed by atoms with van der Waals surface area (Å²) in [6.07, 6.45) is 9.97. The molecule has 2 atom stereocenters. The number of ether oxygens (including phenoxy) is 2. The maximum Gasteiger partial charge on any atom is 0.410 e. The topological polar surface area (TPSA) is 123 Å². The van der Waals surface area contributed by atoms with Gasteiger partial charge >= 0.3 is 6.09 Å². The second-order valence-corrected chi connectivity index (χ2v) is 13.3. The number of rotatable bonds is 9. The first-order valence-corrected chi connectivity index (χ1v) is 15.0. The fourth-order valence-corrected chi connectivity index (χ4v) is 5.92. The minimum absolute atomic E-state index is 0.107. The molecular weight excluding hydrogens is 524 g/mol. The summed E-state index contributed by atoms with van der Waals surface area (Å²) in [7, 11) is 1.74. The summed E-state index contributed by atoms with van der Waals surface area (Å²) in [6.45, 7) is 6.96. The van der Waals surface area contributed by atoms with Crippen LogP contribution in [0.3, 0.4) is 0 Å². The zero-order valence-corrected chi connectivity index (χ0v) is 24.5. The summed E-state index contributed by atoms with van der Waals surface area (Å²) in [5, 5.41) is 11.6. The van der Waals surface area contributed by atoms with E-state index in [9.17, 15) is 9.59 Å². The van der Waals surface area contributed by atoms with Crippen LogP contribution in [0, 0.1) is 5.92 Å². The van der Waals surface area contributed by atoms with Crippen LogP contribution in [0.2, 0.25) is 0 Å². The highest BCUT2D eigenvalue weighted by Crippen LogP contribution is 2.42. The molecule has 41 heavy (non-hydrogen) atoms. The monoisotopic (exact) mass is 566 g/mol. The Hall–Kier alpha value is -3.21. The Morgan fingerprint density at radius 3 is 2.54 bits per heavy atom. The lowest BCUT2D eigenvalue weighted by atomic mass is 9.89. The van der Waals surface area contributed by atoms with E-state index in [0.29, 0.717) is 49.5 Å². The summed E-state index contributed by atoms with van der Waals surface area (Å²) in [5.41, 5.74) is 1.79. The molecule has 11 heteroatoms. The number of piperidine rings is 1. The molecule has 2 amide bonds. The molecule has 0 unspecified atom stereocenters. The van der Waals surface area contributed by atoms with Crippen LogP contribution in [-0.4, -0.2) is 87.5 Å². The summed E-state index contributed by atoms with van der Waals surface area (Å²) in [6, 6.07) is 2.13. The lowest BCUT2D eigenvalue weighted by molar-refractivity contribution is 0.00562. The van der Waals surface area contributed by atoms with Crippen LogP contribution in [0.15, 0.2) is 23.1 Å². The third-order valence-corrected chi connectivity index (χ3v) is 8.61. The molecule has 0 radical (unpaired) electrons. The van der Waals surface area contributed by atoms with Crippen molar-refractivity contribution in [3.63, 3.8) is 0 Å².